The standard InChI is InChI=1S/C13H20N4O2/c1-18-11-5-12(13-14-9-15-16-13)17(7-11)6-10-3-2-4-19-8-10/h3,9,11-12H,2,4-8H2,1H3,(H,14,15,16)/t11-,12+/m1/s1. The summed E-state index contributed by atoms with van der Waals surface area (Å²) in [4.78, 5) is 6.69. The van der Waals surface area contributed by atoms with Crippen molar-refractivity contribution in [1.82, 2.24) is 20.1 Å². The van der Waals surface area contributed by atoms with E-state index in [4.69, 9.17) is 9.47 Å². The fourth-order valence-corrected chi connectivity index (χ4v) is 2.85. The Morgan fingerprint density at radius 2 is 2.53 bits per heavy atom. The van der Waals surface area contributed by atoms with E-state index in [-0.39, 0.29) is 12.1 Å². The van der Waals surface area contributed by atoms with Crippen LogP contribution in [0.5, 0.6) is 0 Å². The molecule has 6 nitrogen and oxygen atoms in total. The molecule has 104 valence electrons. The van der Waals surface area contributed by atoms with Crippen molar-refractivity contribution in [1.29, 1.82) is 0 Å². The maximum atomic E-state index is 5.51. The average Bonchev–Trinajstić information content (AvgIpc) is 3.08. The molecule has 0 saturated carbocycles. The molecule has 1 fully saturated rings. The maximum Gasteiger partial charge on any atom is 0.141 e. The molecule has 1 aromatic heterocycles. The van der Waals surface area contributed by atoms with E-state index in [9.17, 15) is 0 Å². The van der Waals surface area contributed by atoms with Gasteiger partial charge in [-0.2, -0.15) is 5.10 Å². The molecule has 19 heavy (non-hydrogen) atoms. The second-order valence-electron chi connectivity index (χ2n) is 5.11. The molecule has 0 spiro atoms. The van der Waals surface area contributed by atoms with Gasteiger partial charge in [-0.15, -0.1) is 0 Å². The summed E-state index contributed by atoms with van der Waals surface area (Å²) in [6.45, 7) is 3.44. The van der Waals surface area contributed by atoms with Crippen LogP contribution in [0.2, 0.25) is 0 Å². The average molecular weight is 264 g/mol. The quantitative estimate of drug-likeness (QED) is 0.819. The van der Waals surface area contributed by atoms with Crippen molar-refractivity contribution in [2.75, 3.05) is 33.4 Å². The van der Waals surface area contributed by atoms with E-state index < -0.39 is 0 Å². The third-order valence-corrected chi connectivity index (χ3v) is 3.84. The number of ether oxygens (including phenoxy) is 2. The van der Waals surface area contributed by atoms with E-state index >= 15 is 0 Å². The molecule has 0 amide bonds. The van der Waals surface area contributed by atoms with Gasteiger partial charge in [0, 0.05) is 20.2 Å². The number of rotatable bonds is 4. The maximum absolute atomic E-state index is 5.51. The van der Waals surface area contributed by atoms with Crippen LogP contribution in [-0.2, 0) is 9.47 Å². The summed E-state index contributed by atoms with van der Waals surface area (Å²) in [6, 6.07) is 0.260. The highest BCUT2D eigenvalue weighted by atomic mass is 16.5. The Morgan fingerprint density at radius 3 is 3.21 bits per heavy atom. The molecule has 1 aromatic rings. The molecule has 0 aliphatic carbocycles. The Bertz CT molecular complexity index is 432. The number of aromatic nitrogens is 3. The van der Waals surface area contributed by atoms with Gasteiger partial charge in [0.2, 0.25) is 0 Å². The SMILES string of the molecule is CO[C@@H]1C[C@@H](c2ncn[nH]2)N(CC2=CCCOC2)C1. The first kappa shape index (κ1) is 12.8. The topological polar surface area (TPSA) is 63.3 Å². The number of hydrogen-bond donors (Lipinski definition) is 1. The lowest BCUT2D eigenvalue weighted by Crippen LogP contribution is -2.29. The lowest BCUT2D eigenvalue weighted by Gasteiger charge is -2.25. The second kappa shape index (κ2) is 5.81. The molecule has 2 aliphatic heterocycles. The van der Waals surface area contributed by atoms with Gasteiger partial charge in [-0.25, -0.2) is 4.98 Å². The van der Waals surface area contributed by atoms with Crippen molar-refractivity contribution in [3.8, 4) is 0 Å². The van der Waals surface area contributed by atoms with E-state index in [0.717, 1.165) is 45.0 Å². The molecule has 3 heterocycles. The minimum absolute atomic E-state index is 0.260. The first-order valence-electron chi connectivity index (χ1n) is 6.74. The molecule has 6 heteroatoms. The zero-order valence-electron chi connectivity index (χ0n) is 11.2. The largest absolute Gasteiger partial charge is 0.380 e. The molecule has 0 bridgehead atoms. The van der Waals surface area contributed by atoms with Gasteiger partial charge in [0.1, 0.15) is 12.2 Å². The summed E-state index contributed by atoms with van der Waals surface area (Å²) in [7, 11) is 1.77. The highest BCUT2D eigenvalue weighted by Crippen LogP contribution is 2.31. The molecule has 1 saturated heterocycles. The van der Waals surface area contributed by atoms with Crippen LogP contribution in [0.4, 0.5) is 0 Å². The van der Waals surface area contributed by atoms with E-state index in [2.05, 4.69) is 26.2 Å². The first-order chi connectivity index (χ1) is 9.36. The highest BCUT2D eigenvalue weighted by Gasteiger charge is 2.35. The Hall–Kier alpha value is -1.24. The molecule has 0 radical (unpaired) electrons. The number of H-pyrrole nitrogens is 1. The van der Waals surface area contributed by atoms with Gasteiger partial charge in [-0.3, -0.25) is 10.00 Å². The Balaban J connectivity index is 1.71. The van der Waals surface area contributed by atoms with Crippen LogP contribution in [0.1, 0.15) is 24.7 Å². The van der Waals surface area contributed by atoms with Crippen LogP contribution >= 0.6 is 0 Å². The number of methoxy groups -OCH3 is 1. The van der Waals surface area contributed by atoms with Gasteiger partial charge in [0.05, 0.1) is 25.4 Å². The molecule has 1 N–H and O–H groups in total. The number of nitrogens with one attached hydrogen (secondary N) is 1. The lowest BCUT2D eigenvalue weighted by atomic mass is 10.1. The lowest BCUT2D eigenvalue weighted by molar-refractivity contribution is 0.107. The number of nitrogens with zero attached hydrogens (tertiary/aromatic N) is 3. The molecule has 0 aromatic carbocycles. The van der Waals surface area contributed by atoms with Crippen LogP contribution < -0.4 is 0 Å². The van der Waals surface area contributed by atoms with Gasteiger partial charge in [-0.1, -0.05) is 6.08 Å². The second-order valence-corrected chi connectivity index (χ2v) is 5.11. The van der Waals surface area contributed by atoms with Crippen LogP contribution in [0.25, 0.3) is 0 Å². The minimum Gasteiger partial charge on any atom is -0.380 e. The summed E-state index contributed by atoms with van der Waals surface area (Å²) in [5.74, 6) is 0.928. The summed E-state index contributed by atoms with van der Waals surface area (Å²) in [6.07, 6.45) is 6.10. The van der Waals surface area contributed by atoms with E-state index in [1.165, 1.54) is 5.57 Å². The van der Waals surface area contributed by atoms with Crippen LogP contribution in [0, 0.1) is 0 Å². The van der Waals surface area contributed by atoms with Crippen molar-refractivity contribution in [2.24, 2.45) is 0 Å². The summed E-state index contributed by atoms with van der Waals surface area (Å²) in [5, 5.41) is 6.94. The van der Waals surface area contributed by atoms with Gasteiger partial charge in [-0.05, 0) is 18.4 Å². The predicted molar refractivity (Wildman–Crippen MR) is 69.6 cm³/mol. The zero-order valence-corrected chi connectivity index (χ0v) is 11.2. The van der Waals surface area contributed by atoms with Crippen molar-refractivity contribution in [3.05, 3.63) is 23.8 Å². The predicted octanol–water partition coefficient (Wildman–Crippen LogP) is 0.913. The van der Waals surface area contributed by atoms with Crippen LogP contribution in [0.15, 0.2) is 18.0 Å². The smallest absolute Gasteiger partial charge is 0.141 e. The van der Waals surface area contributed by atoms with Crippen molar-refractivity contribution in [2.45, 2.75) is 25.0 Å². The van der Waals surface area contributed by atoms with Gasteiger partial charge in [0.15, 0.2) is 0 Å². The number of hydrogen-bond acceptors (Lipinski definition) is 5. The Labute approximate surface area is 112 Å². The fraction of sp³-hybridized carbons (Fsp3) is 0.692. The molecule has 3 rings (SSSR count). The van der Waals surface area contributed by atoms with Crippen molar-refractivity contribution >= 4 is 0 Å². The molecular weight excluding hydrogens is 244 g/mol. The van der Waals surface area contributed by atoms with Crippen molar-refractivity contribution < 1.29 is 9.47 Å². The molecule has 2 atom stereocenters. The van der Waals surface area contributed by atoms with Gasteiger partial charge in [0.25, 0.3) is 0 Å². The summed E-state index contributed by atoms with van der Waals surface area (Å²) < 4.78 is 11.0. The van der Waals surface area contributed by atoms with E-state index in [0.29, 0.717) is 0 Å². The van der Waals surface area contributed by atoms with Gasteiger partial charge < -0.3 is 9.47 Å². The fourth-order valence-electron chi connectivity index (χ4n) is 2.85. The molecular formula is C13H20N4O2. The Morgan fingerprint density at radius 1 is 1.58 bits per heavy atom. The van der Waals surface area contributed by atoms with Gasteiger partial charge >= 0.3 is 0 Å². The normalized spacial score (nSPS) is 28.6. The minimum atomic E-state index is 0.260. The summed E-state index contributed by atoms with van der Waals surface area (Å²) in [5.41, 5.74) is 1.35. The van der Waals surface area contributed by atoms with E-state index in [1.807, 2.05) is 0 Å². The third-order valence-electron chi connectivity index (χ3n) is 3.84. The van der Waals surface area contributed by atoms with Crippen LogP contribution in [-0.4, -0.2) is 59.6 Å². The molecule has 0 unspecified atom stereocenters. The third kappa shape index (κ3) is 2.86. The zero-order chi connectivity index (χ0) is 13.1. The first-order valence-corrected chi connectivity index (χ1v) is 6.74. The van der Waals surface area contributed by atoms with E-state index in [1.54, 1.807) is 13.4 Å². The Kier molecular flexibility index (Phi) is 3.91. The molecule has 2 aliphatic rings. The highest BCUT2D eigenvalue weighted by molar-refractivity contribution is 5.10. The monoisotopic (exact) mass is 264 g/mol. The number of aromatic amines is 1. The summed E-state index contributed by atoms with van der Waals surface area (Å²) >= 11 is 0. The number of likely N-dealkylation sites (tertiary alicyclic amines) is 1. The van der Waals surface area contributed by atoms with Crippen molar-refractivity contribution in [3.63, 3.8) is 0 Å². The van der Waals surface area contributed by atoms with Crippen LogP contribution in [0.3, 0.4) is 0 Å².